The van der Waals surface area contributed by atoms with Crippen molar-refractivity contribution in [3.63, 3.8) is 0 Å². The molecule has 4 nitrogen and oxygen atoms in total. The lowest BCUT2D eigenvalue weighted by molar-refractivity contribution is 0.0698. The average molecular weight is 275 g/mol. The van der Waals surface area contributed by atoms with Crippen LogP contribution >= 0.6 is 0 Å². The zero-order chi connectivity index (χ0) is 14.9. The maximum atomic E-state index is 11.6. The van der Waals surface area contributed by atoms with Gasteiger partial charge < -0.3 is 14.8 Å². The van der Waals surface area contributed by atoms with Crippen LogP contribution in [-0.4, -0.2) is 27.4 Å². The highest BCUT2D eigenvalue weighted by molar-refractivity contribution is 6.04. The van der Waals surface area contributed by atoms with Crippen molar-refractivity contribution in [2.75, 3.05) is 6.61 Å². The second-order valence-corrected chi connectivity index (χ2v) is 4.99. The zero-order valence-corrected chi connectivity index (χ0v) is 12.2. The maximum absolute atomic E-state index is 11.6. The fourth-order valence-corrected chi connectivity index (χ4v) is 2.93. The smallest absolute Gasteiger partial charge is 0.337 e. The molecule has 20 heavy (non-hydrogen) atoms. The van der Waals surface area contributed by atoms with Gasteiger partial charge in [0.05, 0.1) is 17.7 Å². The predicted octanol–water partition coefficient (Wildman–Crippen LogP) is 2.77. The number of aromatic carboxylic acids is 1. The Kier molecular flexibility index (Phi) is 4.14. The molecule has 2 N–H and O–H groups in total. The predicted molar refractivity (Wildman–Crippen MR) is 79.5 cm³/mol. The van der Waals surface area contributed by atoms with Gasteiger partial charge in [-0.1, -0.05) is 13.8 Å². The Labute approximate surface area is 118 Å². The third-order valence-corrected chi connectivity index (χ3v) is 3.92. The van der Waals surface area contributed by atoms with Crippen LogP contribution in [0.2, 0.25) is 0 Å². The van der Waals surface area contributed by atoms with Crippen LogP contribution in [0, 0.1) is 6.92 Å². The lowest BCUT2D eigenvalue weighted by Gasteiger charge is -2.09. The number of aryl methyl sites for hydroxylation is 2. The molecule has 0 aliphatic carbocycles. The highest BCUT2D eigenvalue weighted by Crippen LogP contribution is 2.30. The number of carbonyl (C=O) groups is 1. The summed E-state index contributed by atoms with van der Waals surface area (Å²) in [4.78, 5) is 11.6. The molecule has 0 aliphatic rings. The number of aliphatic hydroxyl groups excluding tert-OH is 1. The highest BCUT2D eigenvalue weighted by atomic mass is 16.4. The van der Waals surface area contributed by atoms with Gasteiger partial charge in [0.1, 0.15) is 0 Å². The van der Waals surface area contributed by atoms with Crippen molar-refractivity contribution in [2.24, 2.45) is 0 Å². The van der Waals surface area contributed by atoms with Crippen LogP contribution in [0.5, 0.6) is 0 Å². The molecule has 0 saturated heterocycles. The second kappa shape index (κ2) is 5.67. The van der Waals surface area contributed by atoms with Gasteiger partial charge in [-0.3, -0.25) is 0 Å². The molecule has 0 amide bonds. The Hall–Kier alpha value is -1.81. The van der Waals surface area contributed by atoms with E-state index in [1.54, 1.807) is 6.07 Å². The maximum Gasteiger partial charge on any atom is 0.337 e. The summed E-state index contributed by atoms with van der Waals surface area (Å²) in [6.07, 6.45) is 1.66. The van der Waals surface area contributed by atoms with Crippen molar-refractivity contribution < 1.29 is 15.0 Å². The molecule has 2 aromatic rings. The molecule has 0 aliphatic heterocycles. The number of hydrogen-bond acceptors (Lipinski definition) is 2. The summed E-state index contributed by atoms with van der Waals surface area (Å²) in [6.45, 7) is 6.52. The molecular weight excluding hydrogens is 254 g/mol. The molecule has 0 bridgehead atoms. The third kappa shape index (κ3) is 2.20. The first-order valence-corrected chi connectivity index (χ1v) is 7.03. The fraction of sp³-hybridized carbons (Fsp3) is 0.438. The number of aliphatic hydroxyl groups is 1. The minimum Gasteiger partial charge on any atom is -0.478 e. The Morgan fingerprint density at radius 3 is 2.45 bits per heavy atom. The molecule has 0 spiro atoms. The van der Waals surface area contributed by atoms with Crippen molar-refractivity contribution in [2.45, 2.75) is 40.2 Å². The Morgan fingerprint density at radius 2 is 1.95 bits per heavy atom. The van der Waals surface area contributed by atoms with Gasteiger partial charge in [-0.05, 0) is 43.0 Å². The number of carboxylic acid groups (broad SMARTS) is 1. The quantitative estimate of drug-likeness (QED) is 0.882. The molecule has 0 radical (unpaired) electrons. The summed E-state index contributed by atoms with van der Waals surface area (Å²) in [5.41, 5.74) is 4.32. The fourth-order valence-electron chi connectivity index (χ4n) is 2.93. The van der Waals surface area contributed by atoms with E-state index in [0.29, 0.717) is 12.1 Å². The van der Waals surface area contributed by atoms with Crippen LogP contribution in [0.3, 0.4) is 0 Å². The Balaban J connectivity index is 2.91. The van der Waals surface area contributed by atoms with Crippen molar-refractivity contribution in [3.8, 4) is 0 Å². The molecule has 0 atom stereocenters. The molecule has 0 saturated carbocycles. The van der Waals surface area contributed by atoms with E-state index in [0.717, 1.165) is 35.0 Å². The van der Waals surface area contributed by atoms with E-state index in [4.69, 9.17) is 0 Å². The Bertz CT molecular complexity index is 656. The minimum absolute atomic E-state index is 0.00234. The van der Waals surface area contributed by atoms with E-state index >= 15 is 0 Å². The van der Waals surface area contributed by atoms with Gasteiger partial charge in [0, 0.05) is 17.6 Å². The van der Waals surface area contributed by atoms with Crippen molar-refractivity contribution in [1.82, 2.24) is 4.57 Å². The van der Waals surface area contributed by atoms with Crippen LogP contribution in [0.4, 0.5) is 0 Å². The number of hydrogen-bond donors (Lipinski definition) is 2. The van der Waals surface area contributed by atoms with Gasteiger partial charge in [-0.25, -0.2) is 4.79 Å². The van der Waals surface area contributed by atoms with E-state index in [2.05, 4.69) is 13.0 Å². The topological polar surface area (TPSA) is 62.5 Å². The number of aromatic nitrogens is 1. The molecule has 1 aromatic carbocycles. The highest BCUT2D eigenvalue weighted by Gasteiger charge is 2.19. The van der Waals surface area contributed by atoms with Gasteiger partial charge in [-0.15, -0.1) is 0 Å². The standard InChI is InChI=1S/C16H21NO3/c1-4-11-8-13-12(5-2)10(3)17(6-7-18)15(13)14(9-11)16(19)20/h8-9,18H,4-7H2,1-3H3,(H,19,20). The van der Waals surface area contributed by atoms with E-state index < -0.39 is 5.97 Å². The molecule has 0 fully saturated rings. The number of nitrogens with zero attached hydrogens (tertiary/aromatic N) is 1. The molecular formula is C16H21NO3. The van der Waals surface area contributed by atoms with Crippen molar-refractivity contribution in [1.29, 1.82) is 0 Å². The lowest BCUT2D eigenvalue weighted by atomic mass is 10.0. The third-order valence-electron chi connectivity index (χ3n) is 3.92. The van der Waals surface area contributed by atoms with Gasteiger partial charge >= 0.3 is 5.97 Å². The van der Waals surface area contributed by atoms with Gasteiger partial charge in [0.15, 0.2) is 0 Å². The molecule has 108 valence electrons. The summed E-state index contributed by atoms with van der Waals surface area (Å²) in [5.74, 6) is -0.912. The molecule has 1 aromatic heterocycles. The average Bonchev–Trinajstić information content (AvgIpc) is 2.70. The van der Waals surface area contributed by atoms with Crippen LogP contribution in [0.25, 0.3) is 10.9 Å². The van der Waals surface area contributed by atoms with E-state index in [-0.39, 0.29) is 6.61 Å². The van der Waals surface area contributed by atoms with Gasteiger partial charge in [0.25, 0.3) is 0 Å². The van der Waals surface area contributed by atoms with E-state index in [1.807, 2.05) is 18.4 Å². The number of benzene rings is 1. The summed E-state index contributed by atoms with van der Waals surface area (Å²) in [5, 5.41) is 19.7. The minimum atomic E-state index is -0.912. The van der Waals surface area contributed by atoms with E-state index in [1.165, 1.54) is 5.56 Å². The zero-order valence-electron chi connectivity index (χ0n) is 12.2. The lowest BCUT2D eigenvalue weighted by Crippen LogP contribution is -2.08. The normalized spacial score (nSPS) is 11.2. The molecule has 1 heterocycles. The van der Waals surface area contributed by atoms with Gasteiger partial charge in [-0.2, -0.15) is 0 Å². The van der Waals surface area contributed by atoms with Crippen molar-refractivity contribution >= 4 is 16.9 Å². The molecule has 0 unspecified atom stereocenters. The Morgan fingerprint density at radius 1 is 1.25 bits per heavy atom. The summed E-state index contributed by atoms with van der Waals surface area (Å²) < 4.78 is 1.93. The van der Waals surface area contributed by atoms with Crippen LogP contribution in [0.15, 0.2) is 12.1 Å². The van der Waals surface area contributed by atoms with Crippen LogP contribution in [-0.2, 0) is 19.4 Å². The number of carboxylic acids is 1. The molecule has 4 heteroatoms. The number of fused-ring (bicyclic) bond motifs is 1. The van der Waals surface area contributed by atoms with Crippen LogP contribution in [0.1, 0.15) is 41.0 Å². The first kappa shape index (κ1) is 14.6. The van der Waals surface area contributed by atoms with E-state index in [9.17, 15) is 15.0 Å². The summed E-state index contributed by atoms with van der Waals surface area (Å²) in [6, 6.07) is 3.83. The number of rotatable bonds is 5. The van der Waals surface area contributed by atoms with Crippen molar-refractivity contribution in [3.05, 3.63) is 34.5 Å². The second-order valence-electron chi connectivity index (χ2n) is 4.99. The monoisotopic (exact) mass is 275 g/mol. The van der Waals surface area contributed by atoms with Gasteiger partial charge in [0.2, 0.25) is 0 Å². The first-order chi connectivity index (χ1) is 9.54. The summed E-state index contributed by atoms with van der Waals surface area (Å²) >= 11 is 0. The molecule has 2 rings (SSSR count). The summed E-state index contributed by atoms with van der Waals surface area (Å²) in [7, 11) is 0. The van der Waals surface area contributed by atoms with Crippen LogP contribution < -0.4 is 0 Å². The first-order valence-electron chi connectivity index (χ1n) is 7.03. The SMILES string of the molecule is CCc1cc(C(=O)O)c2c(c1)c(CC)c(C)n2CCO. The largest absolute Gasteiger partial charge is 0.478 e.